The summed E-state index contributed by atoms with van der Waals surface area (Å²) in [5.74, 6) is 1.89. The minimum Gasteiger partial charge on any atom is -0.493 e. The summed E-state index contributed by atoms with van der Waals surface area (Å²) in [6.45, 7) is 5.09. The molecule has 112 valence electrons. The number of methoxy groups -OCH3 is 1. The molecule has 1 aromatic rings. The van der Waals surface area contributed by atoms with Crippen LogP contribution in [0.3, 0.4) is 0 Å². The van der Waals surface area contributed by atoms with Crippen LogP contribution >= 0.6 is 0 Å². The van der Waals surface area contributed by atoms with Gasteiger partial charge in [-0.1, -0.05) is 12.1 Å². The van der Waals surface area contributed by atoms with E-state index in [4.69, 9.17) is 9.47 Å². The van der Waals surface area contributed by atoms with E-state index in [0.29, 0.717) is 6.04 Å². The lowest BCUT2D eigenvalue weighted by atomic mass is 9.61. The molecule has 3 unspecified atom stereocenters. The highest BCUT2D eigenvalue weighted by Gasteiger charge is 2.56. The highest BCUT2D eigenvalue weighted by atomic mass is 16.5. The van der Waals surface area contributed by atoms with Gasteiger partial charge in [-0.05, 0) is 44.5 Å². The van der Waals surface area contributed by atoms with E-state index in [0.717, 1.165) is 30.9 Å². The molecule has 2 heterocycles. The van der Waals surface area contributed by atoms with Gasteiger partial charge in [0.05, 0.1) is 7.11 Å². The minimum absolute atomic E-state index is 0.169. The van der Waals surface area contributed by atoms with E-state index in [2.05, 4.69) is 30.7 Å². The van der Waals surface area contributed by atoms with Crippen LogP contribution in [0.4, 0.5) is 0 Å². The van der Waals surface area contributed by atoms with Crippen molar-refractivity contribution in [3.05, 3.63) is 35.9 Å². The minimum atomic E-state index is 0.169. The smallest absolute Gasteiger partial charge is 0.165 e. The van der Waals surface area contributed by atoms with Crippen LogP contribution in [0.1, 0.15) is 30.4 Å². The second-order valence-electron chi connectivity index (χ2n) is 6.71. The first-order chi connectivity index (χ1) is 10.2. The summed E-state index contributed by atoms with van der Waals surface area (Å²) in [5, 5.41) is 0. The molecule has 1 fully saturated rings. The molecule has 3 atom stereocenters. The zero-order valence-corrected chi connectivity index (χ0v) is 12.9. The molecule has 3 aliphatic rings. The van der Waals surface area contributed by atoms with Gasteiger partial charge in [0.15, 0.2) is 11.5 Å². The van der Waals surface area contributed by atoms with Crippen LogP contribution in [0.2, 0.25) is 0 Å². The summed E-state index contributed by atoms with van der Waals surface area (Å²) in [7, 11) is 3.99. The maximum Gasteiger partial charge on any atom is 0.165 e. The van der Waals surface area contributed by atoms with Gasteiger partial charge in [0.2, 0.25) is 0 Å². The molecule has 4 rings (SSSR count). The van der Waals surface area contributed by atoms with Crippen molar-refractivity contribution in [3.63, 3.8) is 0 Å². The molecule has 1 spiro atoms. The zero-order valence-electron chi connectivity index (χ0n) is 12.9. The van der Waals surface area contributed by atoms with Gasteiger partial charge in [-0.15, -0.1) is 6.58 Å². The van der Waals surface area contributed by atoms with Crippen molar-refractivity contribution in [1.29, 1.82) is 0 Å². The molecule has 21 heavy (non-hydrogen) atoms. The average Bonchev–Trinajstić information content (AvgIpc) is 2.80. The van der Waals surface area contributed by atoms with Gasteiger partial charge in [-0.2, -0.15) is 0 Å². The number of likely N-dealkylation sites (N-methyl/N-ethyl adjacent to an activating group) is 1. The second kappa shape index (κ2) is 4.51. The summed E-state index contributed by atoms with van der Waals surface area (Å²) in [6.07, 6.45) is 6.64. The summed E-state index contributed by atoms with van der Waals surface area (Å²) in [4.78, 5) is 2.52. The van der Waals surface area contributed by atoms with Gasteiger partial charge in [0.1, 0.15) is 6.10 Å². The maximum absolute atomic E-state index is 6.39. The lowest BCUT2D eigenvalue weighted by Gasteiger charge is -2.49. The molecule has 0 radical (unpaired) electrons. The quantitative estimate of drug-likeness (QED) is 0.797. The van der Waals surface area contributed by atoms with Crippen LogP contribution in [-0.2, 0) is 11.8 Å². The van der Waals surface area contributed by atoms with Gasteiger partial charge in [-0.3, -0.25) is 0 Å². The normalized spacial score (nSPS) is 33.2. The van der Waals surface area contributed by atoms with E-state index in [9.17, 15) is 0 Å². The van der Waals surface area contributed by atoms with E-state index >= 15 is 0 Å². The van der Waals surface area contributed by atoms with Crippen molar-refractivity contribution in [2.75, 3.05) is 20.7 Å². The molecule has 2 bridgehead atoms. The molecule has 1 saturated heterocycles. The van der Waals surface area contributed by atoms with Crippen molar-refractivity contribution < 1.29 is 9.47 Å². The van der Waals surface area contributed by atoms with Crippen LogP contribution in [-0.4, -0.2) is 37.7 Å². The number of piperidine rings is 1. The Labute approximate surface area is 126 Å². The van der Waals surface area contributed by atoms with Crippen LogP contribution < -0.4 is 9.47 Å². The summed E-state index contributed by atoms with van der Waals surface area (Å²) < 4.78 is 11.9. The van der Waals surface area contributed by atoms with Crippen LogP contribution in [0.25, 0.3) is 0 Å². The lowest BCUT2D eigenvalue weighted by Crippen LogP contribution is -2.55. The first-order valence-corrected chi connectivity index (χ1v) is 7.88. The number of hydrogen-bond acceptors (Lipinski definition) is 3. The van der Waals surface area contributed by atoms with E-state index in [1.165, 1.54) is 24.0 Å². The molecular formula is C18H23NO2. The molecule has 3 nitrogen and oxygen atoms in total. The molecule has 1 aromatic carbocycles. The molecule has 3 heteroatoms. The second-order valence-corrected chi connectivity index (χ2v) is 6.71. The Morgan fingerprint density at radius 1 is 1.52 bits per heavy atom. The van der Waals surface area contributed by atoms with Crippen molar-refractivity contribution in [1.82, 2.24) is 4.90 Å². The molecule has 2 aliphatic heterocycles. The lowest BCUT2D eigenvalue weighted by molar-refractivity contribution is 0.0460. The standard InChI is InChI=1S/C18H23NO2/c1-4-5-15-18-8-9-19(2)13(11-18)10-12-6-7-14(20-3)17(21-15)16(12)18/h4,6-7,13,15H,1,5,8-11H2,2-3H3. The van der Waals surface area contributed by atoms with Crippen molar-refractivity contribution in [3.8, 4) is 11.5 Å². The number of rotatable bonds is 3. The first-order valence-electron chi connectivity index (χ1n) is 7.88. The van der Waals surface area contributed by atoms with E-state index in [-0.39, 0.29) is 11.5 Å². The van der Waals surface area contributed by atoms with Crippen LogP contribution in [0.15, 0.2) is 24.8 Å². The van der Waals surface area contributed by atoms with Crippen LogP contribution in [0, 0.1) is 0 Å². The predicted octanol–water partition coefficient (Wildman–Crippen LogP) is 2.92. The SMILES string of the molecule is C=CCC1Oc2c(OC)ccc3c2C12CCN(C)C(C3)C2. The van der Waals surface area contributed by atoms with Crippen molar-refractivity contribution in [2.45, 2.75) is 43.2 Å². The van der Waals surface area contributed by atoms with Gasteiger partial charge in [0.25, 0.3) is 0 Å². The Hall–Kier alpha value is -1.48. The third-order valence-corrected chi connectivity index (χ3v) is 5.77. The maximum atomic E-state index is 6.39. The van der Waals surface area contributed by atoms with Gasteiger partial charge < -0.3 is 14.4 Å². The molecule has 0 saturated carbocycles. The monoisotopic (exact) mass is 285 g/mol. The average molecular weight is 285 g/mol. The molecule has 0 amide bonds. The van der Waals surface area contributed by atoms with E-state index < -0.39 is 0 Å². The Kier molecular flexibility index (Phi) is 2.83. The fraction of sp³-hybridized carbons (Fsp3) is 0.556. The molecule has 0 N–H and O–H groups in total. The zero-order chi connectivity index (χ0) is 14.6. The van der Waals surface area contributed by atoms with Crippen molar-refractivity contribution in [2.24, 2.45) is 0 Å². The van der Waals surface area contributed by atoms with E-state index in [1.54, 1.807) is 7.11 Å². The third-order valence-electron chi connectivity index (χ3n) is 5.77. The highest BCUT2D eigenvalue weighted by Crippen LogP contribution is 2.58. The van der Waals surface area contributed by atoms with E-state index in [1.807, 2.05) is 6.08 Å². The number of ether oxygens (including phenoxy) is 2. The van der Waals surface area contributed by atoms with Gasteiger partial charge >= 0.3 is 0 Å². The topological polar surface area (TPSA) is 21.7 Å². The summed E-state index contributed by atoms with van der Waals surface area (Å²) >= 11 is 0. The summed E-state index contributed by atoms with van der Waals surface area (Å²) in [5.41, 5.74) is 3.07. The number of fused-ring (bicyclic) bond motifs is 1. The number of hydrogen-bond donors (Lipinski definition) is 0. The Bertz CT molecular complexity index is 597. The Balaban J connectivity index is 1.91. The van der Waals surface area contributed by atoms with Gasteiger partial charge in [0, 0.05) is 23.4 Å². The number of nitrogens with zero attached hydrogens (tertiary/aromatic N) is 1. The van der Waals surface area contributed by atoms with Gasteiger partial charge in [-0.25, -0.2) is 0 Å². The third kappa shape index (κ3) is 1.64. The Morgan fingerprint density at radius 2 is 2.38 bits per heavy atom. The van der Waals surface area contributed by atoms with Crippen molar-refractivity contribution >= 4 is 0 Å². The fourth-order valence-electron chi connectivity index (χ4n) is 4.68. The predicted molar refractivity (Wildman–Crippen MR) is 83.3 cm³/mol. The fourth-order valence-corrected chi connectivity index (χ4v) is 4.68. The first kappa shape index (κ1) is 13.2. The number of benzene rings is 1. The van der Waals surface area contributed by atoms with Crippen LogP contribution in [0.5, 0.6) is 11.5 Å². The molecule has 1 aliphatic carbocycles. The highest BCUT2D eigenvalue weighted by molar-refractivity contribution is 5.60. The molecule has 0 aromatic heterocycles. The Morgan fingerprint density at radius 3 is 3.14 bits per heavy atom. The molecular weight excluding hydrogens is 262 g/mol. The largest absolute Gasteiger partial charge is 0.493 e. The number of likely N-dealkylation sites (tertiary alicyclic amines) is 1. The summed E-state index contributed by atoms with van der Waals surface area (Å²) in [6, 6.07) is 4.96.